The number of hydrogen-bond donors (Lipinski definition) is 1. The number of benzene rings is 1. The SMILES string of the molecule is CC(C)(C)C(=O)OCC(=O)Nc1cc(Cl)ccc1Cl. The van der Waals surface area contributed by atoms with Crippen LogP contribution in [0.2, 0.25) is 10.0 Å². The topological polar surface area (TPSA) is 55.4 Å². The zero-order valence-corrected chi connectivity index (χ0v) is 12.4. The van der Waals surface area contributed by atoms with Crippen LogP contribution in [-0.4, -0.2) is 18.5 Å². The molecule has 1 amide bonds. The molecule has 0 aliphatic rings. The smallest absolute Gasteiger partial charge is 0.311 e. The second kappa shape index (κ2) is 6.26. The van der Waals surface area contributed by atoms with Crippen LogP contribution in [0.3, 0.4) is 0 Å². The lowest BCUT2D eigenvalue weighted by Crippen LogP contribution is -2.28. The Morgan fingerprint density at radius 2 is 1.89 bits per heavy atom. The Kier molecular flexibility index (Phi) is 5.20. The summed E-state index contributed by atoms with van der Waals surface area (Å²) >= 11 is 11.7. The molecule has 0 spiro atoms. The molecule has 4 nitrogen and oxygen atoms in total. The lowest BCUT2D eigenvalue weighted by molar-refractivity contribution is -0.155. The minimum Gasteiger partial charge on any atom is -0.455 e. The van der Waals surface area contributed by atoms with E-state index < -0.39 is 17.3 Å². The zero-order chi connectivity index (χ0) is 14.6. The van der Waals surface area contributed by atoms with E-state index in [0.717, 1.165) is 0 Å². The van der Waals surface area contributed by atoms with Crippen LogP contribution in [0.15, 0.2) is 18.2 Å². The van der Waals surface area contributed by atoms with Crippen LogP contribution in [0.5, 0.6) is 0 Å². The molecule has 1 aromatic carbocycles. The first-order valence-electron chi connectivity index (χ1n) is 5.62. The summed E-state index contributed by atoms with van der Waals surface area (Å²) in [5, 5.41) is 3.34. The number of nitrogens with one attached hydrogen (secondary N) is 1. The molecular weight excluding hydrogens is 289 g/mol. The molecule has 0 aromatic heterocycles. The minimum atomic E-state index is -0.645. The molecule has 0 radical (unpaired) electrons. The van der Waals surface area contributed by atoms with Crippen molar-refractivity contribution in [2.24, 2.45) is 5.41 Å². The standard InChI is InChI=1S/C13H15Cl2NO3/c1-13(2,3)12(18)19-7-11(17)16-10-6-8(14)4-5-9(10)15/h4-6H,7H2,1-3H3,(H,16,17). The van der Waals surface area contributed by atoms with Crippen molar-refractivity contribution in [1.29, 1.82) is 0 Å². The molecule has 0 atom stereocenters. The average Bonchev–Trinajstić information content (AvgIpc) is 2.29. The largest absolute Gasteiger partial charge is 0.455 e. The summed E-state index contributed by atoms with van der Waals surface area (Å²) < 4.78 is 4.88. The predicted molar refractivity (Wildman–Crippen MR) is 75.5 cm³/mol. The third-order valence-electron chi connectivity index (χ3n) is 2.15. The summed E-state index contributed by atoms with van der Waals surface area (Å²) in [5.41, 5.74) is -0.264. The molecule has 0 aliphatic heterocycles. The maximum Gasteiger partial charge on any atom is 0.311 e. The Labute approximate surface area is 122 Å². The van der Waals surface area contributed by atoms with Crippen LogP contribution in [-0.2, 0) is 14.3 Å². The van der Waals surface area contributed by atoms with Crippen molar-refractivity contribution >= 4 is 40.8 Å². The molecule has 19 heavy (non-hydrogen) atoms. The molecule has 0 bridgehead atoms. The van der Waals surface area contributed by atoms with Crippen molar-refractivity contribution in [2.45, 2.75) is 20.8 Å². The Bertz CT molecular complexity index is 495. The van der Waals surface area contributed by atoms with Crippen molar-refractivity contribution in [3.05, 3.63) is 28.2 Å². The first kappa shape index (κ1) is 15.8. The number of carbonyl (C=O) groups excluding carboxylic acids is 2. The number of ether oxygens (including phenoxy) is 1. The quantitative estimate of drug-likeness (QED) is 0.869. The highest BCUT2D eigenvalue weighted by Crippen LogP contribution is 2.25. The molecule has 0 saturated carbocycles. The van der Waals surface area contributed by atoms with Gasteiger partial charge in [0.05, 0.1) is 16.1 Å². The van der Waals surface area contributed by atoms with Gasteiger partial charge in [-0.15, -0.1) is 0 Å². The number of carbonyl (C=O) groups is 2. The summed E-state index contributed by atoms with van der Waals surface area (Å²) in [4.78, 5) is 23.1. The van der Waals surface area contributed by atoms with E-state index in [-0.39, 0.29) is 6.61 Å². The molecule has 1 rings (SSSR count). The van der Waals surface area contributed by atoms with Gasteiger partial charge in [0.2, 0.25) is 0 Å². The van der Waals surface area contributed by atoms with Crippen molar-refractivity contribution < 1.29 is 14.3 Å². The first-order chi connectivity index (χ1) is 8.70. The Morgan fingerprint density at radius 1 is 1.26 bits per heavy atom. The average molecular weight is 304 g/mol. The number of halogens is 2. The van der Waals surface area contributed by atoms with E-state index >= 15 is 0 Å². The van der Waals surface area contributed by atoms with E-state index in [2.05, 4.69) is 5.32 Å². The molecule has 1 N–H and O–H groups in total. The van der Waals surface area contributed by atoms with E-state index in [1.165, 1.54) is 6.07 Å². The van der Waals surface area contributed by atoms with Crippen molar-refractivity contribution in [3.63, 3.8) is 0 Å². The lowest BCUT2D eigenvalue weighted by Gasteiger charge is -2.16. The van der Waals surface area contributed by atoms with Gasteiger partial charge in [0.1, 0.15) is 0 Å². The highest BCUT2D eigenvalue weighted by Gasteiger charge is 2.23. The Hall–Kier alpha value is -1.26. The third-order valence-corrected chi connectivity index (χ3v) is 2.71. The second-order valence-corrected chi connectivity index (χ2v) is 5.84. The highest BCUT2D eigenvalue weighted by atomic mass is 35.5. The maximum atomic E-state index is 11.6. The van der Waals surface area contributed by atoms with Crippen molar-refractivity contribution in [1.82, 2.24) is 0 Å². The number of anilines is 1. The molecular formula is C13H15Cl2NO3. The van der Waals surface area contributed by atoms with Crippen LogP contribution in [0.1, 0.15) is 20.8 Å². The molecule has 104 valence electrons. The lowest BCUT2D eigenvalue weighted by atomic mass is 9.97. The number of rotatable bonds is 3. The molecule has 0 aliphatic carbocycles. The summed E-state index contributed by atoms with van der Waals surface area (Å²) in [6.07, 6.45) is 0. The number of hydrogen-bond acceptors (Lipinski definition) is 3. The number of esters is 1. The zero-order valence-electron chi connectivity index (χ0n) is 10.9. The molecule has 0 heterocycles. The van der Waals surface area contributed by atoms with Crippen LogP contribution >= 0.6 is 23.2 Å². The molecule has 0 fully saturated rings. The van der Waals surface area contributed by atoms with Gasteiger partial charge >= 0.3 is 5.97 Å². The Morgan fingerprint density at radius 3 is 2.47 bits per heavy atom. The van der Waals surface area contributed by atoms with Gasteiger partial charge in [0.25, 0.3) is 5.91 Å². The highest BCUT2D eigenvalue weighted by molar-refractivity contribution is 6.35. The fraction of sp³-hybridized carbons (Fsp3) is 0.385. The number of amides is 1. The predicted octanol–water partition coefficient (Wildman–Crippen LogP) is 3.52. The van der Waals surface area contributed by atoms with Crippen LogP contribution in [0.4, 0.5) is 5.69 Å². The maximum absolute atomic E-state index is 11.6. The molecule has 0 unspecified atom stereocenters. The third kappa shape index (κ3) is 5.09. The van der Waals surface area contributed by atoms with E-state index in [4.69, 9.17) is 27.9 Å². The summed E-state index contributed by atoms with van der Waals surface area (Å²) in [6, 6.07) is 4.70. The molecule has 6 heteroatoms. The monoisotopic (exact) mass is 303 g/mol. The minimum absolute atomic E-state index is 0.361. The van der Waals surface area contributed by atoms with Crippen LogP contribution in [0, 0.1) is 5.41 Å². The van der Waals surface area contributed by atoms with Gasteiger partial charge in [-0.2, -0.15) is 0 Å². The van der Waals surface area contributed by atoms with Gasteiger partial charge in [0, 0.05) is 5.02 Å². The van der Waals surface area contributed by atoms with Crippen molar-refractivity contribution in [2.75, 3.05) is 11.9 Å². The van der Waals surface area contributed by atoms with Gasteiger partial charge in [-0.25, -0.2) is 0 Å². The summed E-state index contributed by atoms with van der Waals surface area (Å²) in [5.74, 6) is -0.915. The van der Waals surface area contributed by atoms with E-state index in [1.54, 1.807) is 32.9 Å². The molecule has 1 aromatic rings. The Balaban J connectivity index is 2.57. The van der Waals surface area contributed by atoms with Gasteiger partial charge in [-0.1, -0.05) is 23.2 Å². The summed E-state index contributed by atoms with van der Waals surface area (Å²) in [6.45, 7) is 4.77. The van der Waals surface area contributed by atoms with Gasteiger partial charge in [-0.05, 0) is 39.0 Å². The second-order valence-electron chi connectivity index (χ2n) is 5.00. The van der Waals surface area contributed by atoms with Crippen molar-refractivity contribution in [3.8, 4) is 0 Å². The molecule has 0 saturated heterocycles. The van der Waals surface area contributed by atoms with Gasteiger partial charge < -0.3 is 10.1 Å². The first-order valence-corrected chi connectivity index (χ1v) is 6.38. The van der Waals surface area contributed by atoms with Crippen LogP contribution < -0.4 is 5.32 Å². The van der Waals surface area contributed by atoms with E-state index in [0.29, 0.717) is 15.7 Å². The summed E-state index contributed by atoms with van der Waals surface area (Å²) in [7, 11) is 0. The van der Waals surface area contributed by atoms with E-state index in [1.807, 2.05) is 0 Å². The fourth-order valence-electron chi connectivity index (χ4n) is 1.13. The van der Waals surface area contributed by atoms with Gasteiger partial charge in [-0.3, -0.25) is 9.59 Å². The normalized spacial score (nSPS) is 11.0. The fourth-order valence-corrected chi connectivity index (χ4v) is 1.46. The van der Waals surface area contributed by atoms with Crippen LogP contribution in [0.25, 0.3) is 0 Å². The van der Waals surface area contributed by atoms with E-state index in [9.17, 15) is 9.59 Å². The van der Waals surface area contributed by atoms with Gasteiger partial charge in [0.15, 0.2) is 6.61 Å².